The number of anilines is 1. The number of nitrogens with one attached hydrogen (secondary N) is 1. The fourth-order valence-corrected chi connectivity index (χ4v) is 5.79. The molecule has 1 aromatic carbocycles. The maximum absolute atomic E-state index is 12.9. The van der Waals surface area contributed by atoms with Crippen molar-refractivity contribution in [2.45, 2.75) is 50.2 Å². The predicted octanol–water partition coefficient (Wildman–Crippen LogP) is 1.40. The van der Waals surface area contributed by atoms with Gasteiger partial charge in [0.25, 0.3) is 0 Å². The summed E-state index contributed by atoms with van der Waals surface area (Å²) in [4.78, 5) is 35.0. The summed E-state index contributed by atoms with van der Waals surface area (Å²) in [5.74, 6) is 1.23. The first-order chi connectivity index (χ1) is 15.6. The highest BCUT2D eigenvalue weighted by atomic mass is 16.2. The van der Waals surface area contributed by atoms with Crippen LogP contribution in [-0.2, 0) is 9.59 Å². The molecule has 4 fully saturated rings. The molecule has 3 saturated heterocycles. The van der Waals surface area contributed by atoms with Gasteiger partial charge in [-0.15, -0.1) is 0 Å². The van der Waals surface area contributed by atoms with Crippen molar-refractivity contribution in [1.82, 2.24) is 20.0 Å². The predicted molar refractivity (Wildman–Crippen MR) is 126 cm³/mol. The number of carbonyl (C=O) groups is 2. The first-order valence-electron chi connectivity index (χ1n) is 12.4. The highest BCUT2D eigenvalue weighted by molar-refractivity contribution is 5.83. The van der Waals surface area contributed by atoms with Crippen LogP contribution in [0.2, 0.25) is 0 Å². The van der Waals surface area contributed by atoms with E-state index in [4.69, 9.17) is 0 Å². The van der Waals surface area contributed by atoms with Gasteiger partial charge in [-0.1, -0.05) is 18.2 Å². The van der Waals surface area contributed by atoms with E-state index in [1.165, 1.54) is 18.5 Å². The minimum Gasteiger partial charge on any atom is -0.368 e. The Bertz CT molecular complexity index is 806. The van der Waals surface area contributed by atoms with E-state index in [-0.39, 0.29) is 29.9 Å². The molecule has 4 aliphatic rings. The molecule has 0 bridgehead atoms. The van der Waals surface area contributed by atoms with Gasteiger partial charge in [-0.3, -0.25) is 19.4 Å². The molecule has 1 aliphatic carbocycles. The van der Waals surface area contributed by atoms with Gasteiger partial charge in [0, 0.05) is 70.0 Å². The van der Waals surface area contributed by atoms with Crippen LogP contribution in [0.15, 0.2) is 30.3 Å². The second-order valence-electron chi connectivity index (χ2n) is 10.0. The molecule has 2 amide bonds. The van der Waals surface area contributed by atoms with Crippen molar-refractivity contribution < 1.29 is 9.59 Å². The van der Waals surface area contributed by atoms with Crippen LogP contribution < -0.4 is 10.2 Å². The van der Waals surface area contributed by atoms with E-state index in [0.717, 1.165) is 58.0 Å². The van der Waals surface area contributed by atoms with Gasteiger partial charge in [-0.05, 0) is 50.8 Å². The molecule has 7 nitrogen and oxygen atoms in total. The molecule has 174 valence electrons. The van der Waals surface area contributed by atoms with Crippen molar-refractivity contribution in [3.05, 3.63) is 30.3 Å². The Morgan fingerprint density at radius 1 is 1.03 bits per heavy atom. The summed E-state index contributed by atoms with van der Waals surface area (Å²) >= 11 is 0. The van der Waals surface area contributed by atoms with Crippen LogP contribution in [0.5, 0.6) is 0 Å². The molecule has 3 heterocycles. The fraction of sp³-hybridized carbons (Fsp3) is 0.680. The maximum atomic E-state index is 12.9. The lowest BCUT2D eigenvalue weighted by Gasteiger charge is -2.37. The Labute approximate surface area is 191 Å². The number of nitrogens with zero attached hydrogens (tertiary/aromatic N) is 4. The highest BCUT2D eigenvalue weighted by Gasteiger charge is 2.46. The summed E-state index contributed by atoms with van der Waals surface area (Å²) in [6, 6.07) is 10.9. The lowest BCUT2D eigenvalue weighted by Crippen LogP contribution is -2.50. The number of amides is 2. The number of likely N-dealkylation sites (N-methyl/N-ethyl adjacent to an activating group) is 1. The number of piperazine rings is 1. The van der Waals surface area contributed by atoms with Crippen molar-refractivity contribution in [2.75, 3.05) is 57.8 Å². The Kier molecular flexibility index (Phi) is 6.37. The van der Waals surface area contributed by atoms with E-state index in [0.29, 0.717) is 13.0 Å². The summed E-state index contributed by atoms with van der Waals surface area (Å²) in [5, 5.41) is 3.19. The van der Waals surface area contributed by atoms with Gasteiger partial charge in [0.1, 0.15) is 6.04 Å². The number of hydrogen-bond acceptors (Lipinski definition) is 5. The number of carbonyl (C=O) groups excluding carboxylic acids is 2. The van der Waals surface area contributed by atoms with E-state index in [9.17, 15) is 9.59 Å². The second kappa shape index (κ2) is 9.40. The second-order valence-corrected chi connectivity index (χ2v) is 10.0. The van der Waals surface area contributed by atoms with Gasteiger partial charge >= 0.3 is 0 Å². The number of benzene rings is 1. The van der Waals surface area contributed by atoms with Gasteiger partial charge in [-0.25, -0.2) is 0 Å². The molecule has 5 rings (SSSR count). The van der Waals surface area contributed by atoms with E-state index < -0.39 is 0 Å². The summed E-state index contributed by atoms with van der Waals surface area (Å²) in [7, 11) is 2.16. The first kappa shape index (κ1) is 21.7. The van der Waals surface area contributed by atoms with Crippen LogP contribution in [0.25, 0.3) is 0 Å². The van der Waals surface area contributed by atoms with Crippen molar-refractivity contribution >= 4 is 17.5 Å². The normalized spacial score (nSPS) is 29.5. The molecule has 0 aromatic heterocycles. The fourth-order valence-electron chi connectivity index (χ4n) is 5.79. The monoisotopic (exact) mass is 439 g/mol. The summed E-state index contributed by atoms with van der Waals surface area (Å²) in [6.07, 6.45) is 5.04. The number of rotatable bonds is 6. The largest absolute Gasteiger partial charge is 0.368 e. The molecule has 3 unspecified atom stereocenters. The standard InChI is InChI=1S/C25H37N5O2/c1-27-21(17-26-25(32)24-22(27)11-12-30(24)18-19-7-8-19)9-10-23(31)29-15-13-28(14-16-29)20-5-3-2-4-6-20/h2-6,19,21-22,24H,7-18H2,1H3,(H,26,32). The zero-order chi connectivity index (χ0) is 22.1. The van der Waals surface area contributed by atoms with Crippen LogP contribution in [0.1, 0.15) is 32.1 Å². The number of fused-ring (bicyclic) bond motifs is 1. The van der Waals surface area contributed by atoms with Gasteiger partial charge in [0.2, 0.25) is 11.8 Å². The van der Waals surface area contributed by atoms with Crippen LogP contribution >= 0.6 is 0 Å². The summed E-state index contributed by atoms with van der Waals surface area (Å²) < 4.78 is 0. The molecule has 0 spiro atoms. The number of hydrogen-bond donors (Lipinski definition) is 1. The van der Waals surface area contributed by atoms with Crippen molar-refractivity contribution in [1.29, 1.82) is 0 Å². The molecule has 0 radical (unpaired) electrons. The first-order valence-corrected chi connectivity index (χ1v) is 12.4. The third kappa shape index (κ3) is 4.64. The topological polar surface area (TPSA) is 59.1 Å². The van der Waals surface area contributed by atoms with Crippen molar-refractivity contribution in [2.24, 2.45) is 5.92 Å². The van der Waals surface area contributed by atoms with E-state index in [1.807, 2.05) is 11.0 Å². The zero-order valence-electron chi connectivity index (χ0n) is 19.3. The Balaban J connectivity index is 1.12. The van der Waals surface area contributed by atoms with Gasteiger partial charge in [-0.2, -0.15) is 0 Å². The molecule has 1 aromatic rings. The van der Waals surface area contributed by atoms with Crippen LogP contribution in [0.3, 0.4) is 0 Å². The Morgan fingerprint density at radius 3 is 2.50 bits per heavy atom. The average Bonchev–Trinajstić information content (AvgIpc) is 3.56. The average molecular weight is 440 g/mol. The van der Waals surface area contributed by atoms with Gasteiger partial charge in [0.05, 0.1) is 0 Å². The SMILES string of the molecule is CN1C(CCC(=O)N2CCN(c3ccccc3)CC2)CNC(=O)C2C1CCN2CC1CC1. The molecule has 32 heavy (non-hydrogen) atoms. The number of para-hydroxylation sites is 1. The lowest BCUT2D eigenvalue weighted by molar-refractivity contribution is -0.132. The summed E-state index contributed by atoms with van der Waals surface area (Å²) in [5.41, 5.74) is 1.23. The van der Waals surface area contributed by atoms with Crippen LogP contribution in [-0.4, -0.2) is 97.5 Å². The van der Waals surface area contributed by atoms with Gasteiger partial charge < -0.3 is 15.1 Å². The Hall–Kier alpha value is -2.12. The maximum Gasteiger partial charge on any atom is 0.239 e. The van der Waals surface area contributed by atoms with Crippen LogP contribution in [0.4, 0.5) is 5.69 Å². The third-order valence-corrected chi connectivity index (χ3v) is 7.98. The molecular formula is C25H37N5O2. The Morgan fingerprint density at radius 2 is 1.78 bits per heavy atom. The highest BCUT2D eigenvalue weighted by Crippen LogP contribution is 2.34. The van der Waals surface area contributed by atoms with Crippen molar-refractivity contribution in [3.63, 3.8) is 0 Å². The molecular weight excluding hydrogens is 402 g/mol. The molecule has 3 atom stereocenters. The van der Waals surface area contributed by atoms with E-state index >= 15 is 0 Å². The molecule has 3 aliphatic heterocycles. The molecule has 1 saturated carbocycles. The van der Waals surface area contributed by atoms with E-state index in [2.05, 4.69) is 51.3 Å². The molecule has 7 heteroatoms. The van der Waals surface area contributed by atoms with Gasteiger partial charge in [0.15, 0.2) is 0 Å². The minimum atomic E-state index is -0.0210. The smallest absolute Gasteiger partial charge is 0.239 e. The molecule has 1 N–H and O–H groups in total. The lowest BCUT2D eigenvalue weighted by atomic mass is 10.0. The van der Waals surface area contributed by atoms with Crippen LogP contribution in [0, 0.1) is 5.92 Å². The quantitative estimate of drug-likeness (QED) is 0.726. The zero-order valence-corrected chi connectivity index (χ0v) is 19.3. The summed E-state index contributed by atoms with van der Waals surface area (Å²) in [6.45, 7) is 6.07. The van der Waals surface area contributed by atoms with E-state index in [1.54, 1.807) is 0 Å². The number of likely N-dealkylation sites (tertiary alicyclic amines) is 1. The third-order valence-electron chi connectivity index (χ3n) is 7.98. The van der Waals surface area contributed by atoms with Crippen molar-refractivity contribution in [3.8, 4) is 0 Å². The minimum absolute atomic E-state index is 0.0210.